The molecule has 0 aliphatic carbocycles. The molecule has 0 atom stereocenters. The summed E-state index contributed by atoms with van der Waals surface area (Å²) in [5.41, 5.74) is 9.10. The van der Waals surface area contributed by atoms with Crippen LogP contribution in [0.2, 0.25) is 0 Å². The summed E-state index contributed by atoms with van der Waals surface area (Å²) in [7, 11) is -3.79. The number of rotatable bonds is 2. The zero-order valence-corrected chi connectivity index (χ0v) is 14.0. The maximum Gasteiger partial charge on any atom is 0.214 e. The summed E-state index contributed by atoms with van der Waals surface area (Å²) in [6.45, 7) is 3.35. The van der Waals surface area contributed by atoms with Crippen molar-refractivity contribution in [2.75, 3.05) is 12.3 Å². The molecule has 4 rings (SSSR count). The Bertz CT molecular complexity index is 1060. The van der Waals surface area contributed by atoms with Crippen molar-refractivity contribution in [1.29, 1.82) is 0 Å². The maximum absolute atomic E-state index is 13.1. The summed E-state index contributed by atoms with van der Waals surface area (Å²) in [5, 5.41) is 7.52. The topological polar surface area (TPSA) is 102 Å². The van der Waals surface area contributed by atoms with Crippen LogP contribution in [0, 0.1) is 6.92 Å². The molecule has 7 nitrogen and oxygen atoms in total. The molecular formula is C16H17N5O2S. The second kappa shape index (κ2) is 5.29. The Hall–Kier alpha value is -2.45. The first kappa shape index (κ1) is 15.1. The van der Waals surface area contributed by atoms with Crippen LogP contribution in [0.1, 0.15) is 16.8 Å². The highest BCUT2D eigenvalue weighted by Gasteiger charge is 2.29. The normalized spacial score (nSPS) is 14.7. The molecule has 124 valence electrons. The van der Waals surface area contributed by atoms with Crippen molar-refractivity contribution in [3.8, 4) is 0 Å². The third-order valence-electron chi connectivity index (χ3n) is 4.24. The lowest BCUT2D eigenvalue weighted by Crippen LogP contribution is -2.26. The van der Waals surface area contributed by atoms with Crippen molar-refractivity contribution >= 4 is 21.3 Å². The summed E-state index contributed by atoms with van der Waals surface area (Å²) in [6, 6.07) is 6.75. The highest BCUT2D eigenvalue weighted by Crippen LogP contribution is 2.30. The maximum atomic E-state index is 13.1. The minimum absolute atomic E-state index is 0.0176. The molecule has 3 heterocycles. The fourth-order valence-electron chi connectivity index (χ4n) is 3.06. The van der Waals surface area contributed by atoms with E-state index in [2.05, 4.69) is 15.4 Å². The summed E-state index contributed by atoms with van der Waals surface area (Å²) < 4.78 is 27.7. The van der Waals surface area contributed by atoms with Crippen molar-refractivity contribution in [3.63, 3.8) is 0 Å². The fraction of sp³-hybridized carbons (Fsp3) is 0.250. The second-order valence-corrected chi connectivity index (χ2v) is 7.81. The quantitative estimate of drug-likeness (QED) is 0.722. The molecule has 2 aromatic heterocycles. The Morgan fingerprint density at radius 3 is 2.96 bits per heavy atom. The molecule has 0 radical (unpaired) electrons. The third-order valence-corrected chi connectivity index (χ3v) is 6.04. The van der Waals surface area contributed by atoms with E-state index in [1.165, 1.54) is 0 Å². The summed E-state index contributed by atoms with van der Waals surface area (Å²) in [5.74, 6) is -0.0176. The zero-order chi connectivity index (χ0) is 16.9. The number of nitrogens with zero attached hydrogens (tertiary/aromatic N) is 3. The number of nitrogen functional groups attached to an aromatic ring is 1. The number of nitrogens with two attached hydrogens (primary N) is 1. The Balaban J connectivity index is 1.99. The number of sulfone groups is 1. The van der Waals surface area contributed by atoms with Gasteiger partial charge in [-0.2, -0.15) is 0 Å². The van der Waals surface area contributed by atoms with Crippen LogP contribution in [0.3, 0.4) is 0 Å². The van der Waals surface area contributed by atoms with Gasteiger partial charge in [-0.25, -0.2) is 17.9 Å². The first-order valence-electron chi connectivity index (χ1n) is 7.66. The van der Waals surface area contributed by atoms with E-state index in [1.807, 2.05) is 13.0 Å². The van der Waals surface area contributed by atoms with E-state index in [9.17, 15) is 8.42 Å². The Labute approximate surface area is 139 Å². The zero-order valence-electron chi connectivity index (χ0n) is 13.2. The number of hydrogen-bond donors (Lipinski definition) is 2. The smallest absolute Gasteiger partial charge is 0.214 e. The van der Waals surface area contributed by atoms with Gasteiger partial charge in [0.05, 0.1) is 10.6 Å². The van der Waals surface area contributed by atoms with E-state index in [0.29, 0.717) is 6.54 Å². The van der Waals surface area contributed by atoms with Gasteiger partial charge < -0.3 is 11.1 Å². The lowest BCUT2D eigenvalue weighted by molar-refractivity contribution is 0.596. The molecule has 1 aromatic carbocycles. The molecule has 0 bridgehead atoms. The summed E-state index contributed by atoms with van der Waals surface area (Å²) in [4.78, 5) is 4.51. The molecule has 0 spiro atoms. The molecule has 8 heteroatoms. The molecule has 1 aliphatic heterocycles. The molecular weight excluding hydrogens is 326 g/mol. The van der Waals surface area contributed by atoms with Crippen molar-refractivity contribution in [3.05, 3.63) is 47.3 Å². The molecule has 3 N–H and O–H groups in total. The van der Waals surface area contributed by atoms with Gasteiger partial charge in [0.15, 0.2) is 16.4 Å². The van der Waals surface area contributed by atoms with E-state index >= 15 is 0 Å². The van der Waals surface area contributed by atoms with Gasteiger partial charge in [0, 0.05) is 31.3 Å². The van der Waals surface area contributed by atoms with Crippen molar-refractivity contribution in [2.24, 2.45) is 0 Å². The first-order chi connectivity index (χ1) is 11.5. The van der Waals surface area contributed by atoms with Crippen LogP contribution in [-0.4, -0.2) is 29.6 Å². The van der Waals surface area contributed by atoms with Crippen LogP contribution in [0.25, 0.3) is 5.65 Å². The second-order valence-electron chi connectivity index (χ2n) is 5.93. The van der Waals surface area contributed by atoms with E-state index in [4.69, 9.17) is 5.73 Å². The molecule has 0 amide bonds. The average Bonchev–Trinajstić information content (AvgIpc) is 2.92. The number of benzene rings is 1. The van der Waals surface area contributed by atoms with Crippen molar-refractivity contribution in [1.82, 2.24) is 19.9 Å². The van der Waals surface area contributed by atoms with Crippen LogP contribution in [0.15, 0.2) is 40.3 Å². The molecule has 0 saturated heterocycles. The van der Waals surface area contributed by atoms with Gasteiger partial charge in [0.2, 0.25) is 9.84 Å². The first-order valence-corrected chi connectivity index (χ1v) is 9.14. The molecule has 0 unspecified atom stereocenters. The van der Waals surface area contributed by atoms with Crippen LogP contribution in [0.4, 0.5) is 5.82 Å². The number of nitrogens with one attached hydrogen (secondary N) is 1. The summed E-state index contributed by atoms with van der Waals surface area (Å²) in [6.07, 6.45) is 2.45. The molecule has 3 aromatic rings. The SMILES string of the molecule is Cc1cccc(S(=O)(=O)c2c(N)nn3c4c(cnc23)CNCC4)c1. The Kier molecular flexibility index (Phi) is 3.33. The van der Waals surface area contributed by atoms with E-state index in [1.54, 1.807) is 28.9 Å². The number of anilines is 1. The van der Waals surface area contributed by atoms with Crippen molar-refractivity contribution < 1.29 is 8.42 Å². The molecule has 24 heavy (non-hydrogen) atoms. The average molecular weight is 343 g/mol. The molecule has 0 fully saturated rings. The Morgan fingerprint density at radius 1 is 1.33 bits per heavy atom. The largest absolute Gasteiger partial charge is 0.381 e. The minimum Gasteiger partial charge on any atom is -0.381 e. The van der Waals surface area contributed by atoms with Crippen molar-refractivity contribution in [2.45, 2.75) is 29.7 Å². The predicted molar refractivity (Wildman–Crippen MR) is 89.4 cm³/mol. The monoisotopic (exact) mass is 343 g/mol. The highest BCUT2D eigenvalue weighted by atomic mass is 32.2. The van der Waals surface area contributed by atoms with Gasteiger partial charge in [-0.05, 0) is 24.6 Å². The number of fused-ring (bicyclic) bond motifs is 3. The highest BCUT2D eigenvalue weighted by molar-refractivity contribution is 7.91. The summed E-state index contributed by atoms with van der Waals surface area (Å²) >= 11 is 0. The number of hydrogen-bond acceptors (Lipinski definition) is 6. The van der Waals surface area contributed by atoms with Gasteiger partial charge in [-0.15, -0.1) is 5.10 Å². The standard InChI is InChI=1S/C16H17N5O2S/c1-10-3-2-4-12(7-10)24(22,23)14-15(17)20-21-13-5-6-18-8-11(13)9-19-16(14)21/h2-4,7,9,18H,5-6,8H2,1H3,(H2,17,20). The van der Waals surface area contributed by atoms with Gasteiger partial charge in [0.1, 0.15) is 0 Å². The van der Waals surface area contributed by atoms with E-state index in [0.717, 1.165) is 29.8 Å². The molecule has 1 aliphatic rings. The van der Waals surface area contributed by atoms with Crippen LogP contribution >= 0.6 is 0 Å². The van der Waals surface area contributed by atoms with Gasteiger partial charge in [-0.1, -0.05) is 12.1 Å². The Morgan fingerprint density at radius 2 is 2.17 bits per heavy atom. The third kappa shape index (κ3) is 2.18. The lowest BCUT2D eigenvalue weighted by Gasteiger charge is -2.17. The number of aromatic nitrogens is 3. The number of aryl methyl sites for hydroxylation is 1. The fourth-order valence-corrected chi connectivity index (χ4v) is 4.59. The van der Waals surface area contributed by atoms with Gasteiger partial charge >= 0.3 is 0 Å². The van der Waals surface area contributed by atoms with Gasteiger partial charge in [-0.3, -0.25) is 0 Å². The lowest BCUT2D eigenvalue weighted by atomic mass is 10.1. The van der Waals surface area contributed by atoms with E-state index in [-0.39, 0.29) is 21.3 Å². The van der Waals surface area contributed by atoms with Gasteiger partial charge in [0.25, 0.3) is 0 Å². The predicted octanol–water partition coefficient (Wildman–Crippen LogP) is 1.10. The van der Waals surface area contributed by atoms with E-state index < -0.39 is 9.84 Å². The molecule has 0 saturated carbocycles. The van der Waals surface area contributed by atoms with Crippen LogP contribution in [0.5, 0.6) is 0 Å². The van der Waals surface area contributed by atoms with Crippen LogP contribution < -0.4 is 11.1 Å². The van der Waals surface area contributed by atoms with Crippen LogP contribution in [-0.2, 0) is 22.8 Å². The minimum atomic E-state index is -3.79.